The molecule has 44 heavy (non-hydrogen) atoms. The maximum atomic E-state index is 14.2. The van der Waals surface area contributed by atoms with E-state index in [1.54, 1.807) is 31.2 Å². The molecule has 0 aliphatic carbocycles. The summed E-state index contributed by atoms with van der Waals surface area (Å²) in [5.41, 5.74) is 0.768. The summed E-state index contributed by atoms with van der Waals surface area (Å²) >= 11 is 0. The zero-order valence-corrected chi connectivity index (χ0v) is 26.1. The fourth-order valence-electron chi connectivity index (χ4n) is 4.76. The number of halogens is 1. The fourth-order valence-corrected chi connectivity index (χ4v) is 6.19. The van der Waals surface area contributed by atoms with Crippen molar-refractivity contribution in [3.8, 4) is 17.2 Å². The van der Waals surface area contributed by atoms with Crippen LogP contribution < -0.4 is 23.8 Å². The number of methoxy groups -OCH3 is 1. The maximum absolute atomic E-state index is 14.2. The van der Waals surface area contributed by atoms with Gasteiger partial charge in [0.05, 0.1) is 17.7 Å². The number of hydrogen-bond acceptors (Lipinski definition) is 7. The van der Waals surface area contributed by atoms with Gasteiger partial charge in [0, 0.05) is 19.2 Å². The molecule has 0 fully saturated rings. The Hall–Kier alpha value is -4.32. The number of rotatable bonds is 13. The van der Waals surface area contributed by atoms with Crippen LogP contribution in [-0.4, -0.2) is 64.6 Å². The molecule has 12 heteroatoms. The Morgan fingerprint density at radius 2 is 1.70 bits per heavy atom. The van der Waals surface area contributed by atoms with Crippen molar-refractivity contribution >= 4 is 27.5 Å². The minimum Gasteiger partial charge on any atom is -0.497 e. The predicted molar refractivity (Wildman–Crippen MR) is 164 cm³/mol. The van der Waals surface area contributed by atoms with Gasteiger partial charge in [-0.2, -0.15) is 0 Å². The van der Waals surface area contributed by atoms with E-state index < -0.39 is 34.3 Å². The van der Waals surface area contributed by atoms with E-state index >= 15 is 0 Å². The first kappa shape index (κ1) is 32.6. The van der Waals surface area contributed by atoms with E-state index in [0.29, 0.717) is 30.2 Å². The second-order valence-electron chi connectivity index (χ2n) is 10.7. The molecular weight excluding hydrogens is 589 g/mol. The van der Waals surface area contributed by atoms with Crippen LogP contribution >= 0.6 is 0 Å². The van der Waals surface area contributed by atoms with Crippen LogP contribution in [0.2, 0.25) is 0 Å². The third kappa shape index (κ3) is 7.79. The van der Waals surface area contributed by atoms with Crippen LogP contribution in [0, 0.1) is 11.7 Å². The van der Waals surface area contributed by atoms with E-state index in [1.807, 2.05) is 13.8 Å². The maximum Gasteiger partial charge on any atom is 0.264 e. The molecule has 1 aliphatic rings. The molecule has 0 spiro atoms. The number of hydrogen-bond donors (Lipinski definition) is 1. The molecule has 1 atom stereocenters. The van der Waals surface area contributed by atoms with Gasteiger partial charge in [0.25, 0.3) is 10.0 Å². The summed E-state index contributed by atoms with van der Waals surface area (Å²) in [5.74, 6) is -0.113. The lowest BCUT2D eigenvalue weighted by Gasteiger charge is -2.33. The van der Waals surface area contributed by atoms with Crippen LogP contribution in [0.4, 0.5) is 10.1 Å². The van der Waals surface area contributed by atoms with Crippen molar-refractivity contribution in [2.24, 2.45) is 5.92 Å². The van der Waals surface area contributed by atoms with Gasteiger partial charge in [-0.15, -0.1) is 0 Å². The largest absolute Gasteiger partial charge is 0.497 e. The number of amides is 2. The highest BCUT2D eigenvalue weighted by Crippen LogP contribution is 2.34. The number of carbonyl (C=O) groups is 2. The smallest absolute Gasteiger partial charge is 0.264 e. The van der Waals surface area contributed by atoms with Crippen molar-refractivity contribution in [3.63, 3.8) is 0 Å². The van der Waals surface area contributed by atoms with Gasteiger partial charge in [-0.25, -0.2) is 12.8 Å². The summed E-state index contributed by atoms with van der Waals surface area (Å²) in [6.45, 7) is 6.08. The molecule has 1 aliphatic heterocycles. The minimum atomic E-state index is -4.38. The lowest BCUT2D eigenvalue weighted by molar-refractivity contribution is -0.140. The molecule has 3 aromatic rings. The van der Waals surface area contributed by atoms with Gasteiger partial charge in [0.2, 0.25) is 11.8 Å². The quantitative estimate of drug-likeness (QED) is 0.299. The molecule has 1 heterocycles. The van der Waals surface area contributed by atoms with Crippen LogP contribution in [0.25, 0.3) is 0 Å². The second kappa shape index (κ2) is 14.4. The number of anilines is 1. The normalized spacial score (nSPS) is 13.2. The van der Waals surface area contributed by atoms with E-state index in [0.717, 1.165) is 16.4 Å². The molecule has 4 rings (SSSR count). The summed E-state index contributed by atoms with van der Waals surface area (Å²) in [7, 11) is -2.85. The lowest BCUT2D eigenvalue weighted by atomic mass is 10.1. The number of sulfonamides is 1. The van der Waals surface area contributed by atoms with Crippen LogP contribution in [0.1, 0.15) is 32.8 Å². The minimum absolute atomic E-state index is 0.0188. The van der Waals surface area contributed by atoms with Crippen LogP contribution in [-0.2, 0) is 26.2 Å². The third-order valence-electron chi connectivity index (χ3n) is 7.05. The van der Waals surface area contributed by atoms with Crippen molar-refractivity contribution in [2.75, 3.05) is 37.7 Å². The zero-order valence-electron chi connectivity index (χ0n) is 25.3. The van der Waals surface area contributed by atoms with Gasteiger partial charge < -0.3 is 24.4 Å². The fraction of sp³-hybridized carbons (Fsp3) is 0.375. The summed E-state index contributed by atoms with van der Waals surface area (Å²) in [4.78, 5) is 28.8. The molecular formula is C32H38FN3O7S. The first-order valence-corrected chi connectivity index (χ1v) is 15.9. The summed E-state index contributed by atoms with van der Waals surface area (Å²) in [6.07, 6.45) is 0.283. The summed E-state index contributed by atoms with van der Waals surface area (Å²) in [6, 6.07) is 15.2. The van der Waals surface area contributed by atoms with Gasteiger partial charge in [0.1, 0.15) is 37.4 Å². The van der Waals surface area contributed by atoms with Crippen LogP contribution in [0.15, 0.2) is 71.6 Å². The van der Waals surface area contributed by atoms with Crippen molar-refractivity contribution in [2.45, 2.75) is 44.7 Å². The number of fused-ring (bicyclic) bond motifs is 1. The highest BCUT2D eigenvalue weighted by atomic mass is 32.2. The number of carbonyl (C=O) groups excluding carboxylic acids is 2. The molecule has 0 saturated heterocycles. The third-order valence-corrected chi connectivity index (χ3v) is 8.82. The van der Waals surface area contributed by atoms with Crippen molar-refractivity contribution in [1.82, 2.24) is 10.2 Å². The number of ether oxygens (including phenoxy) is 3. The Balaban J connectivity index is 1.74. The Bertz CT molecular complexity index is 1560. The van der Waals surface area contributed by atoms with Crippen molar-refractivity contribution < 1.29 is 36.6 Å². The second-order valence-corrected chi connectivity index (χ2v) is 12.6. The highest BCUT2D eigenvalue weighted by molar-refractivity contribution is 7.92. The Kier molecular flexibility index (Phi) is 10.7. The standard InChI is InChI=1S/C32H38FN3O7S/c1-5-28(32(38)34-19-22(2)3)35(20-23-7-6-8-26(17-23)41-4)31(37)21-36(25-11-9-24(33)10-12-25)44(39,40)27-13-14-29-30(18-27)43-16-15-42-29/h6-14,17-18,22,28H,5,15-16,19-21H2,1-4H3,(H,34,38)/t28-/m0/s1. The molecule has 0 bridgehead atoms. The molecule has 0 radical (unpaired) electrons. The predicted octanol–water partition coefficient (Wildman–Crippen LogP) is 4.38. The topological polar surface area (TPSA) is 114 Å². The molecule has 10 nitrogen and oxygen atoms in total. The number of benzene rings is 3. The van der Waals surface area contributed by atoms with Gasteiger partial charge in [-0.3, -0.25) is 13.9 Å². The zero-order chi connectivity index (χ0) is 31.9. The van der Waals surface area contributed by atoms with E-state index in [2.05, 4.69) is 5.32 Å². The van der Waals surface area contributed by atoms with Crippen molar-refractivity contribution in [1.29, 1.82) is 0 Å². The Morgan fingerprint density at radius 1 is 1.00 bits per heavy atom. The average Bonchev–Trinajstić information content (AvgIpc) is 3.02. The number of nitrogens with one attached hydrogen (secondary N) is 1. The molecule has 1 N–H and O–H groups in total. The SMILES string of the molecule is CC[C@@H](C(=O)NCC(C)C)N(Cc1cccc(OC)c1)C(=O)CN(c1ccc(F)cc1)S(=O)(=O)c1ccc2c(c1)OCCO2. The van der Waals surface area contributed by atoms with Gasteiger partial charge in [-0.1, -0.05) is 32.9 Å². The van der Waals surface area contributed by atoms with Gasteiger partial charge in [0.15, 0.2) is 11.5 Å². The van der Waals surface area contributed by atoms with E-state index in [-0.39, 0.29) is 47.7 Å². The van der Waals surface area contributed by atoms with E-state index in [9.17, 15) is 22.4 Å². The average molecular weight is 628 g/mol. The molecule has 0 aromatic heterocycles. The van der Waals surface area contributed by atoms with E-state index in [4.69, 9.17) is 14.2 Å². The van der Waals surface area contributed by atoms with Crippen molar-refractivity contribution in [3.05, 3.63) is 78.1 Å². The summed E-state index contributed by atoms with van der Waals surface area (Å²) in [5, 5.41) is 2.90. The molecule has 0 saturated carbocycles. The lowest BCUT2D eigenvalue weighted by Crippen LogP contribution is -2.52. The Morgan fingerprint density at radius 3 is 2.36 bits per heavy atom. The first-order chi connectivity index (χ1) is 21.0. The first-order valence-electron chi connectivity index (χ1n) is 14.4. The van der Waals surface area contributed by atoms with Crippen LogP contribution in [0.5, 0.6) is 17.2 Å². The molecule has 2 amide bonds. The molecule has 0 unspecified atom stereocenters. The highest BCUT2D eigenvalue weighted by Gasteiger charge is 2.34. The molecule has 3 aromatic carbocycles. The van der Waals surface area contributed by atoms with Crippen LogP contribution in [0.3, 0.4) is 0 Å². The van der Waals surface area contributed by atoms with E-state index in [1.165, 1.54) is 42.3 Å². The van der Waals surface area contributed by atoms with Gasteiger partial charge >= 0.3 is 0 Å². The van der Waals surface area contributed by atoms with Gasteiger partial charge in [-0.05, 0) is 66.4 Å². The summed E-state index contributed by atoms with van der Waals surface area (Å²) < 4.78 is 59.5. The monoisotopic (exact) mass is 627 g/mol. The Labute approximate surface area is 257 Å². The molecule has 236 valence electrons. The number of nitrogens with zero attached hydrogens (tertiary/aromatic N) is 2.